The number of nitrogens with zero attached hydrogens (tertiary/aromatic N) is 5. The molecule has 1 atom stereocenters. The Bertz CT molecular complexity index is 596. The molecule has 21 heavy (non-hydrogen) atoms. The number of carboxylic acid groups (broad SMARTS) is 1. The van der Waals surface area contributed by atoms with Gasteiger partial charge in [0.25, 0.3) is 0 Å². The maximum atomic E-state index is 10.4. The van der Waals surface area contributed by atoms with Gasteiger partial charge in [-0.2, -0.15) is 0 Å². The zero-order chi connectivity index (χ0) is 15.2. The van der Waals surface area contributed by atoms with E-state index in [2.05, 4.69) is 30.9 Å². The Morgan fingerprint density at radius 1 is 1.33 bits per heavy atom. The molecule has 9 nitrogen and oxygen atoms in total. The van der Waals surface area contributed by atoms with Crippen LogP contribution in [0.3, 0.4) is 0 Å². The van der Waals surface area contributed by atoms with Crippen molar-refractivity contribution in [1.82, 2.24) is 30.3 Å². The minimum absolute atomic E-state index is 0.141. The van der Waals surface area contributed by atoms with E-state index in [-0.39, 0.29) is 5.92 Å². The lowest BCUT2D eigenvalue weighted by Crippen LogP contribution is -2.29. The summed E-state index contributed by atoms with van der Waals surface area (Å²) < 4.78 is 1.60. The molecule has 3 N–H and O–H groups in total. The van der Waals surface area contributed by atoms with Gasteiger partial charge in [-0.05, 0) is 5.92 Å². The number of aromatic nitrogens is 5. The third-order valence-electron chi connectivity index (χ3n) is 2.75. The number of aryl methyl sites for hydroxylation is 1. The highest BCUT2D eigenvalue weighted by Crippen LogP contribution is 2.12. The molecule has 0 aliphatic rings. The third-order valence-corrected chi connectivity index (χ3v) is 2.75. The maximum absolute atomic E-state index is 10.4. The predicted molar refractivity (Wildman–Crippen MR) is 75.7 cm³/mol. The molecule has 0 aliphatic carbocycles. The van der Waals surface area contributed by atoms with Crippen molar-refractivity contribution in [3.8, 4) is 11.4 Å². The average molecular weight is 291 g/mol. The van der Waals surface area contributed by atoms with E-state index in [0.29, 0.717) is 30.3 Å². The Morgan fingerprint density at radius 2 is 2.14 bits per heavy atom. The molecule has 112 valence electrons. The average Bonchev–Trinajstić information content (AvgIpc) is 2.90. The number of hydrogen-bond donors (Lipinski definition) is 3. The Hall–Kier alpha value is -2.71. The lowest BCUT2D eigenvalue weighted by Gasteiger charge is -2.12. The summed E-state index contributed by atoms with van der Waals surface area (Å²) in [6.07, 6.45) is 3.97. The third kappa shape index (κ3) is 4.41. The smallest absolute Gasteiger partial charge is 0.404 e. The first-order valence-corrected chi connectivity index (χ1v) is 6.44. The van der Waals surface area contributed by atoms with E-state index in [1.54, 1.807) is 30.3 Å². The molecule has 0 bridgehead atoms. The standard InChI is InChI=1S/C12H17N7O2/c1-8(4-16-12(20)21)3-14-11-6-13-9(5-15-11)10-7-19(2)18-17-10/h5-8,16H,3-4H2,1-2H3,(H,14,15)(H,20,21). The van der Waals surface area contributed by atoms with Gasteiger partial charge in [-0.25, -0.2) is 14.8 Å². The Labute approximate surface area is 121 Å². The van der Waals surface area contributed by atoms with Crippen LogP contribution in [-0.2, 0) is 7.05 Å². The molecule has 0 aliphatic heterocycles. The van der Waals surface area contributed by atoms with Gasteiger partial charge in [-0.1, -0.05) is 12.1 Å². The second kappa shape index (κ2) is 6.64. The molecule has 2 aromatic rings. The summed E-state index contributed by atoms with van der Waals surface area (Å²) in [4.78, 5) is 18.9. The topological polar surface area (TPSA) is 118 Å². The van der Waals surface area contributed by atoms with Crippen LogP contribution in [0.2, 0.25) is 0 Å². The highest BCUT2D eigenvalue weighted by molar-refractivity contribution is 5.64. The Morgan fingerprint density at radius 3 is 2.71 bits per heavy atom. The molecule has 0 saturated heterocycles. The van der Waals surface area contributed by atoms with Crippen LogP contribution in [0.4, 0.5) is 10.6 Å². The van der Waals surface area contributed by atoms with Crippen LogP contribution in [0.25, 0.3) is 11.4 Å². The predicted octanol–water partition coefficient (Wildman–Crippen LogP) is 0.588. The van der Waals surface area contributed by atoms with Crippen LogP contribution in [0.1, 0.15) is 6.92 Å². The molecule has 9 heteroatoms. The normalized spacial score (nSPS) is 11.9. The number of nitrogens with one attached hydrogen (secondary N) is 2. The molecule has 0 saturated carbocycles. The maximum Gasteiger partial charge on any atom is 0.404 e. The minimum atomic E-state index is -1.02. The molecular weight excluding hydrogens is 274 g/mol. The van der Waals surface area contributed by atoms with Crippen LogP contribution >= 0.6 is 0 Å². The molecule has 0 spiro atoms. The van der Waals surface area contributed by atoms with Crippen molar-refractivity contribution < 1.29 is 9.90 Å². The van der Waals surface area contributed by atoms with E-state index in [1.807, 2.05) is 6.92 Å². The summed E-state index contributed by atoms with van der Waals surface area (Å²) in [5.74, 6) is 0.771. The van der Waals surface area contributed by atoms with Gasteiger partial charge >= 0.3 is 6.09 Å². The molecular formula is C12H17N7O2. The van der Waals surface area contributed by atoms with Crippen molar-refractivity contribution in [2.24, 2.45) is 13.0 Å². The highest BCUT2D eigenvalue weighted by atomic mass is 16.4. The van der Waals surface area contributed by atoms with Crippen LogP contribution in [-0.4, -0.2) is 49.3 Å². The van der Waals surface area contributed by atoms with Gasteiger partial charge < -0.3 is 15.7 Å². The van der Waals surface area contributed by atoms with Crippen molar-refractivity contribution >= 4 is 11.9 Å². The van der Waals surface area contributed by atoms with Crippen molar-refractivity contribution in [2.45, 2.75) is 6.92 Å². The van der Waals surface area contributed by atoms with Crippen molar-refractivity contribution in [1.29, 1.82) is 0 Å². The van der Waals surface area contributed by atoms with E-state index in [1.165, 1.54) is 0 Å². The van der Waals surface area contributed by atoms with Gasteiger partial charge in [0.1, 0.15) is 17.2 Å². The Balaban J connectivity index is 1.86. The van der Waals surface area contributed by atoms with Gasteiger partial charge in [0.05, 0.1) is 18.6 Å². The lowest BCUT2D eigenvalue weighted by molar-refractivity contribution is 0.193. The number of anilines is 1. The van der Waals surface area contributed by atoms with Crippen molar-refractivity contribution in [3.05, 3.63) is 18.6 Å². The summed E-state index contributed by atoms with van der Waals surface area (Å²) in [6, 6.07) is 0. The van der Waals surface area contributed by atoms with E-state index in [0.717, 1.165) is 0 Å². The quantitative estimate of drug-likeness (QED) is 0.712. The van der Waals surface area contributed by atoms with Crippen LogP contribution in [0, 0.1) is 5.92 Å². The zero-order valence-corrected chi connectivity index (χ0v) is 11.8. The molecule has 2 heterocycles. The highest BCUT2D eigenvalue weighted by Gasteiger charge is 2.07. The first-order chi connectivity index (χ1) is 10.0. The molecule has 0 fully saturated rings. The van der Waals surface area contributed by atoms with Crippen LogP contribution in [0.5, 0.6) is 0 Å². The second-order valence-electron chi connectivity index (χ2n) is 4.74. The monoisotopic (exact) mass is 291 g/mol. The first kappa shape index (κ1) is 14.7. The van der Waals surface area contributed by atoms with Crippen LogP contribution < -0.4 is 10.6 Å². The number of hydrogen-bond acceptors (Lipinski definition) is 6. The van der Waals surface area contributed by atoms with Gasteiger partial charge in [-0.15, -0.1) is 5.10 Å². The molecule has 2 aromatic heterocycles. The largest absolute Gasteiger partial charge is 0.465 e. The van der Waals surface area contributed by atoms with Gasteiger partial charge in [0.2, 0.25) is 0 Å². The lowest BCUT2D eigenvalue weighted by atomic mass is 10.2. The molecule has 0 radical (unpaired) electrons. The molecule has 2 rings (SSSR count). The van der Waals surface area contributed by atoms with E-state index in [4.69, 9.17) is 5.11 Å². The summed E-state index contributed by atoms with van der Waals surface area (Å²) in [5, 5.41) is 21.8. The van der Waals surface area contributed by atoms with Crippen molar-refractivity contribution in [2.75, 3.05) is 18.4 Å². The zero-order valence-electron chi connectivity index (χ0n) is 11.8. The number of carbonyl (C=O) groups is 1. The fourth-order valence-corrected chi connectivity index (χ4v) is 1.63. The van der Waals surface area contributed by atoms with Crippen LogP contribution in [0.15, 0.2) is 18.6 Å². The number of rotatable bonds is 6. The van der Waals surface area contributed by atoms with Gasteiger partial charge in [0, 0.05) is 20.1 Å². The fourth-order valence-electron chi connectivity index (χ4n) is 1.63. The van der Waals surface area contributed by atoms with Gasteiger partial charge in [0.15, 0.2) is 0 Å². The van der Waals surface area contributed by atoms with E-state index >= 15 is 0 Å². The summed E-state index contributed by atoms with van der Waals surface area (Å²) >= 11 is 0. The minimum Gasteiger partial charge on any atom is -0.465 e. The van der Waals surface area contributed by atoms with E-state index < -0.39 is 6.09 Å². The Kier molecular flexibility index (Phi) is 4.64. The second-order valence-corrected chi connectivity index (χ2v) is 4.74. The van der Waals surface area contributed by atoms with E-state index in [9.17, 15) is 4.79 Å². The molecule has 1 unspecified atom stereocenters. The first-order valence-electron chi connectivity index (χ1n) is 6.44. The van der Waals surface area contributed by atoms with Crippen molar-refractivity contribution in [3.63, 3.8) is 0 Å². The SMILES string of the molecule is CC(CNC(=O)O)CNc1cnc(-c2cn(C)nn2)cn1. The fraction of sp³-hybridized carbons (Fsp3) is 0.417. The van der Waals surface area contributed by atoms with Gasteiger partial charge in [-0.3, -0.25) is 4.68 Å². The number of amides is 1. The molecule has 0 aromatic carbocycles. The summed E-state index contributed by atoms with van der Waals surface area (Å²) in [5.41, 5.74) is 1.31. The summed E-state index contributed by atoms with van der Waals surface area (Å²) in [6.45, 7) is 2.91. The molecule has 1 amide bonds. The summed E-state index contributed by atoms with van der Waals surface area (Å²) in [7, 11) is 1.78.